The molecule has 0 spiro atoms. The van der Waals surface area contributed by atoms with Crippen molar-refractivity contribution in [2.24, 2.45) is 0 Å². The molecule has 0 amide bonds. The third kappa shape index (κ3) is 4.00. The van der Waals surface area contributed by atoms with Gasteiger partial charge in [-0.25, -0.2) is 0 Å². The van der Waals surface area contributed by atoms with Gasteiger partial charge in [-0.15, -0.1) is 0 Å². The zero-order valence-electron chi connectivity index (χ0n) is 10.5. The predicted molar refractivity (Wildman–Crippen MR) is 77.5 cm³/mol. The average Bonchev–Trinajstić information content (AvgIpc) is 2.34. The van der Waals surface area contributed by atoms with Crippen molar-refractivity contribution in [1.82, 2.24) is 4.90 Å². The van der Waals surface area contributed by atoms with Crippen molar-refractivity contribution in [1.29, 1.82) is 0 Å². The summed E-state index contributed by atoms with van der Waals surface area (Å²) in [6.07, 6.45) is 4.12. The first-order valence-electron chi connectivity index (χ1n) is 6.49. The molecule has 3 heteroatoms. The fraction of sp³-hybridized carbons (Fsp3) is 0.571. The predicted octanol–water partition coefficient (Wildman–Crippen LogP) is 3.74. The molecule has 1 aliphatic heterocycles. The quantitative estimate of drug-likeness (QED) is 0.911. The van der Waals surface area contributed by atoms with Crippen LogP contribution < -0.4 is 5.32 Å². The van der Waals surface area contributed by atoms with Gasteiger partial charge in [-0.05, 0) is 50.6 Å². The van der Waals surface area contributed by atoms with E-state index < -0.39 is 0 Å². The monoisotopic (exact) mass is 296 g/mol. The summed E-state index contributed by atoms with van der Waals surface area (Å²) in [5.74, 6) is 0. The van der Waals surface area contributed by atoms with Gasteiger partial charge >= 0.3 is 0 Å². The van der Waals surface area contributed by atoms with E-state index in [1.165, 1.54) is 31.5 Å². The van der Waals surface area contributed by atoms with E-state index in [1.54, 1.807) is 0 Å². The lowest BCUT2D eigenvalue weighted by Gasteiger charge is -2.33. The average molecular weight is 297 g/mol. The Morgan fingerprint density at radius 1 is 1.29 bits per heavy atom. The Labute approximate surface area is 113 Å². The summed E-state index contributed by atoms with van der Waals surface area (Å²) in [5.41, 5.74) is 1.21. The molecule has 1 unspecified atom stereocenters. The molecule has 0 aromatic heterocycles. The molecule has 0 saturated carbocycles. The molecule has 1 heterocycles. The molecule has 1 N–H and O–H groups in total. The van der Waals surface area contributed by atoms with E-state index in [9.17, 15) is 0 Å². The Hall–Kier alpha value is -0.540. The maximum Gasteiger partial charge on any atom is 0.0341 e. The largest absolute Gasteiger partial charge is 0.384 e. The second-order valence-electron chi connectivity index (χ2n) is 4.81. The number of nitrogens with zero attached hydrogens (tertiary/aromatic N) is 1. The molecule has 1 aliphatic rings. The van der Waals surface area contributed by atoms with E-state index in [4.69, 9.17) is 0 Å². The van der Waals surface area contributed by atoms with Crippen LogP contribution >= 0.6 is 15.9 Å². The molecule has 0 aliphatic carbocycles. The van der Waals surface area contributed by atoms with E-state index in [0.29, 0.717) is 0 Å². The highest BCUT2D eigenvalue weighted by Crippen LogP contribution is 2.16. The van der Waals surface area contributed by atoms with Crippen LogP contribution in [0.15, 0.2) is 28.7 Å². The molecule has 0 radical (unpaired) electrons. The van der Waals surface area contributed by atoms with Crippen molar-refractivity contribution in [3.05, 3.63) is 28.7 Å². The number of halogens is 1. The van der Waals surface area contributed by atoms with Crippen molar-refractivity contribution in [3.8, 4) is 0 Å². The lowest BCUT2D eigenvalue weighted by atomic mass is 10.0. The molecule has 17 heavy (non-hydrogen) atoms. The van der Waals surface area contributed by atoms with Crippen LogP contribution in [-0.2, 0) is 0 Å². The number of rotatable bonds is 4. The van der Waals surface area contributed by atoms with Crippen molar-refractivity contribution >= 4 is 21.6 Å². The highest BCUT2D eigenvalue weighted by molar-refractivity contribution is 9.10. The molecule has 2 nitrogen and oxygen atoms in total. The summed E-state index contributed by atoms with van der Waals surface area (Å²) in [5, 5.41) is 3.48. The highest BCUT2D eigenvalue weighted by atomic mass is 79.9. The van der Waals surface area contributed by atoms with Gasteiger partial charge in [-0.3, -0.25) is 4.90 Å². The Bertz CT molecular complexity index is 337. The van der Waals surface area contributed by atoms with E-state index in [1.807, 2.05) is 0 Å². The van der Waals surface area contributed by atoms with Gasteiger partial charge in [-0.2, -0.15) is 0 Å². The van der Waals surface area contributed by atoms with Crippen molar-refractivity contribution < 1.29 is 0 Å². The molecular weight excluding hydrogens is 276 g/mol. The van der Waals surface area contributed by atoms with Crippen molar-refractivity contribution in [3.63, 3.8) is 0 Å². The summed E-state index contributed by atoms with van der Waals surface area (Å²) < 4.78 is 1.13. The van der Waals surface area contributed by atoms with Crippen LogP contribution in [0.2, 0.25) is 0 Å². The molecule has 1 saturated heterocycles. The Kier molecular flexibility index (Phi) is 4.86. The number of hydrogen-bond acceptors (Lipinski definition) is 2. The third-order valence-electron chi connectivity index (χ3n) is 3.51. The van der Waals surface area contributed by atoms with Gasteiger partial charge in [0.2, 0.25) is 0 Å². The molecule has 1 fully saturated rings. The molecule has 1 aromatic carbocycles. The molecular formula is C14H21BrN2. The van der Waals surface area contributed by atoms with Gasteiger partial charge in [0.1, 0.15) is 0 Å². The smallest absolute Gasteiger partial charge is 0.0341 e. The Balaban J connectivity index is 1.73. The van der Waals surface area contributed by atoms with Crippen molar-refractivity contribution in [2.75, 3.05) is 25.0 Å². The molecule has 1 atom stereocenters. The minimum absolute atomic E-state index is 0.760. The maximum atomic E-state index is 3.48. The first-order chi connectivity index (χ1) is 8.25. The molecule has 0 bridgehead atoms. The number of nitrogens with one attached hydrogen (secondary N) is 1. The van der Waals surface area contributed by atoms with Gasteiger partial charge in [-0.1, -0.05) is 22.4 Å². The SMILES string of the molecule is CC1CCCCN1CCNc1ccc(Br)cc1. The zero-order chi connectivity index (χ0) is 12.1. The van der Waals surface area contributed by atoms with E-state index in [2.05, 4.69) is 57.3 Å². The first kappa shape index (κ1) is 12.9. The van der Waals surface area contributed by atoms with Crippen molar-refractivity contribution in [2.45, 2.75) is 32.2 Å². The third-order valence-corrected chi connectivity index (χ3v) is 4.04. The van der Waals surface area contributed by atoms with Crippen LogP contribution in [0.25, 0.3) is 0 Å². The number of piperidine rings is 1. The van der Waals surface area contributed by atoms with E-state index >= 15 is 0 Å². The van der Waals surface area contributed by atoms with E-state index in [0.717, 1.165) is 23.6 Å². The maximum absolute atomic E-state index is 3.48. The summed E-state index contributed by atoms with van der Waals surface area (Å²) in [7, 11) is 0. The van der Waals surface area contributed by atoms with Gasteiger partial charge in [0.15, 0.2) is 0 Å². The van der Waals surface area contributed by atoms with Crippen LogP contribution in [0.1, 0.15) is 26.2 Å². The topological polar surface area (TPSA) is 15.3 Å². The van der Waals surface area contributed by atoms with Gasteiger partial charge in [0.25, 0.3) is 0 Å². The molecule has 1 aromatic rings. The number of likely N-dealkylation sites (tertiary alicyclic amines) is 1. The molecule has 2 rings (SSSR count). The number of benzene rings is 1. The Morgan fingerprint density at radius 2 is 2.06 bits per heavy atom. The second-order valence-corrected chi connectivity index (χ2v) is 5.73. The van der Waals surface area contributed by atoms with Gasteiger partial charge in [0.05, 0.1) is 0 Å². The number of anilines is 1. The standard InChI is InChI=1S/C14H21BrN2/c1-12-4-2-3-10-17(12)11-9-16-14-7-5-13(15)6-8-14/h5-8,12,16H,2-4,9-11H2,1H3. The fourth-order valence-corrected chi connectivity index (χ4v) is 2.67. The summed E-state index contributed by atoms with van der Waals surface area (Å²) in [6.45, 7) is 5.80. The second kappa shape index (κ2) is 6.41. The van der Waals surface area contributed by atoms with Crippen LogP contribution in [-0.4, -0.2) is 30.6 Å². The van der Waals surface area contributed by atoms with E-state index in [-0.39, 0.29) is 0 Å². The lowest BCUT2D eigenvalue weighted by molar-refractivity contribution is 0.167. The fourth-order valence-electron chi connectivity index (χ4n) is 2.40. The van der Waals surface area contributed by atoms with Crippen LogP contribution in [0.4, 0.5) is 5.69 Å². The highest BCUT2D eigenvalue weighted by Gasteiger charge is 2.16. The first-order valence-corrected chi connectivity index (χ1v) is 7.28. The van der Waals surface area contributed by atoms with Gasteiger partial charge in [0, 0.05) is 29.3 Å². The molecule has 94 valence electrons. The van der Waals surface area contributed by atoms with Crippen LogP contribution in [0.5, 0.6) is 0 Å². The van der Waals surface area contributed by atoms with Crippen LogP contribution in [0.3, 0.4) is 0 Å². The number of hydrogen-bond donors (Lipinski definition) is 1. The van der Waals surface area contributed by atoms with Gasteiger partial charge < -0.3 is 5.32 Å². The minimum atomic E-state index is 0.760. The normalized spacial score (nSPS) is 21.4. The Morgan fingerprint density at radius 3 is 2.76 bits per heavy atom. The summed E-state index contributed by atoms with van der Waals surface area (Å²) in [4.78, 5) is 2.59. The van der Waals surface area contributed by atoms with Crippen LogP contribution in [0, 0.1) is 0 Å². The summed E-state index contributed by atoms with van der Waals surface area (Å²) in [6, 6.07) is 9.14. The minimum Gasteiger partial charge on any atom is -0.384 e. The summed E-state index contributed by atoms with van der Waals surface area (Å²) >= 11 is 3.45. The zero-order valence-corrected chi connectivity index (χ0v) is 12.0. The lowest BCUT2D eigenvalue weighted by Crippen LogP contribution is -2.40.